The van der Waals surface area contributed by atoms with Crippen LogP contribution in [0.2, 0.25) is 0 Å². The van der Waals surface area contributed by atoms with Gasteiger partial charge in [0, 0.05) is 12.1 Å². The van der Waals surface area contributed by atoms with Crippen molar-refractivity contribution in [3.8, 4) is 5.69 Å². The van der Waals surface area contributed by atoms with E-state index in [0.29, 0.717) is 5.69 Å². The maximum absolute atomic E-state index is 12.6. The van der Waals surface area contributed by atoms with Gasteiger partial charge in [0.25, 0.3) is 0 Å². The van der Waals surface area contributed by atoms with Gasteiger partial charge in [0.05, 0.1) is 16.9 Å². The Bertz CT molecular complexity index is 654. The number of nitrogens with zero attached hydrogens (tertiary/aromatic N) is 2. The van der Waals surface area contributed by atoms with Gasteiger partial charge in [0.15, 0.2) is 0 Å². The Kier molecular flexibility index (Phi) is 3.19. The lowest BCUT2D eigenvalue weighted by atomic mass is 10.1. The summed E-state index contributed by atoms with van der Waals surface area (Å²) in [4.78, 5) is 0. The molecule has 0 radical (unpaired) electrons. The highest BCUT2D eigenvalue weighted by atomic mass is 19.4. The van der Waals surface area contributed by atoms with Crippen LogP contribution in [0, 0.1) is 0 Å². The number of rotatable bonds is 2. The molecule has 0 aliphatic carbocycles. The molecule has 1 aromatic heterocycles. The van der Waals surface area contributed by atoms with E-state index < -0.39 is 11.7 Å². The molecular weight excluding hydrogens is 279 g/mol. The minimum absolute atomic E-state index is 0.286. The zero-order chi connectivity index (χ0) is 15.2. The van der Waals surface area contributed by atoms with Crippen LogP contribution in [0.15, 0.2) is 24.3 Å². The second-order valence-electron chi connectivity index (χ2n) is 5.50. The summed E-state index contributed by atoms with van der Waals surface area (Å²) in [5, 5.41) is 7.83. The monoisotopic (exact) mass is 295 g/mol. The van der Waals surface area contributed by atoms with Crippen LogP contribution in [0.25, 0.3) is 5.69 Å². The fraction of sp³-hybridized carbons (Fsp3) is 0.400. The van der Waals surface area contributed by atoms with E-state index in [1.54, 1.807) is 4.68 Å². The van der Waals surface area contributed by atoms with Gasteiger partial charge in [-0.05, 0) is 36.6 Å². The van der Waals surface area contributed by atoms with Crippen LogP contribution in [0.4, 0.5) is 19.0 Å². The van der Waals surface area contributed by atoms with E-state index in [0.717, 1.165) is 36.6 Å². The molecule has 0 bridgehead atoms. The number of hydrogen-bond acceptors (Lipinski definition) is 2. The largest absolute Gasteiger partial charge is 0.416 e. The molecule has 3 rings (SSSR count). The molecule has 6 heteroatoms. The van der Waals surface area contributed by atoms with Gasteiger partial charge in [0.1, 0.15) is 5.82 Å². The third kappa shape index (κ3) is 2.39. The fourth-order valence-electron chi connectivity index (χ4n) is 2.64. The highest BCUT2D eigenvalue weighted by Gasteiger charge is 2.30. The van der Waals surface area contributed by atoms with Gasteiger partial charge >= 0.3 is 6.18 Å². The van der Waals surface area contributed by atoms with E-state index in [1.165, 1.54) is 17.7 Å². The highest BCUT2D eigenvalue weighted by molar-refractivity contribution is 5.57. The van der Waals surface area contributed by atoms with Crippen molar-refractivity contribution in [2.45, 2.75) is 32.4 Å². The summed E-state index contributed by atoms with van der Waals surface area (Å²) in [5.74, 6) is 1.19. The van der Waals surface area contributed by atoms with Gasteiger partial charge in [-0.25, -0.2) is 4.68 Å². The van der Waals surface area contributed by atoms with Gasteiger partial charge in [0.2, 0.25) is 0 Å². The van der Waals surface area contributed by atoms with Crippen LogP contribution >= 0.6 is 0 Å². The topological polar surface area (TPSA) is 29.9 Å². The lowest BCUT2D eigenvalue weighted by Gasteiger charge is -2.09. The lowest BCUT2D eigenvalue weighted by molar-refractivity contribution is -0.137. The van der Waals surface area contributed by atoms with Crippen LogP contribution in [0.3, 0.4) is 0 Å². The van der Waals surface area contributed by atoms with Gasteiger partial charge in [-0.3, -0.25) is 0 Å². The predicted octanol–water partition coefficient (Wildman–Crippen LogP) is 3.98. The first kappa shape index (κ1) is 14.0. The molecule has 0 saturated carbocycles. The summed E-state index contributed by atoms with van der Waals surface area (Å²) in [7, 11) is 0. The Labute approximate surface area is 120 Å². The van der Waals surface area contributed by atoms with E-state index in [1.807, 2.05) is 0 Å². The Hall–Kier alpha value is -1.98. The summed E-state index contributed by atoms with van der Waals surface area (Å²) in [6.07, 6.45) is -3.41. The standard InChI is InChI=1S/C15H16F3N3/c1-9(2)13-12-7-8-19-14(12)21(20-13)11-5-3-10(4-6-11)15(16,17)18/h3-6,9,19H,7-8H2,1-2H3. The third-order valence-corrected chi connectivity index (χ3v) is 3.67. The van der Waals surface area contributed by atoms with Crippen LogP contribution in [-0.4, -0.2) is 16.3 Å². The summed E-state index contributed by atoms with van der Waals surface area (Å²) in [5.41, 5.74) is 2.17. The average molecular weight is 295 g/mol. The highest BCUT2D eigenvalue weighted by Crippen LogP contribution is 2.34. The molecule has 1 N–H and O–H groups in total. The zero-order valence-electron chi connectivity index (χ0n) is 11.8. The molecule has 2 heterocycles. The Morgan fingerprint density at radius 1 is 1.19 bits per heavy atom. The second kappa shape index (κ2) is 4.79. The second-order valence-corrected chi connectivity index (χ2v) is 5.50. The number of anilines is 1. The summed E-state index contributed by atoms with van der Waals surface area (Å²) < 4.78 is 39.6. The van der Waals surface area contributed by atoms with E-state index in [-0.39, 0.29) is 5.92 Å². The molecule has 1 aliphatic rings. The van der Waals surface area contributed by atoms with Crippen molar-refractivity contribution in [1.29, 1.82) is 0 Å². The van der Waals surface area contributed by atoms with Crippen molar-refractivity contribution in [3.05, 3.63) is 41.1 Å². The van der Waals surface area contributed by atoms with Crippen molar-refractivity contribution >= 4 is 5.82 Å². The Morgan fingerprint density at radius 2 is 1.86 bits per heavy atom. The summed E-state index contributed by atoms with van der Waals surface area (Å²) >= 11 is 0. The molecule has 21 heavy (non-hydrogen) atoms. The maximum Gasteiger partial charge on any atom is 0.416 e. The first-order chi connectivity index (χ1) is 9.88. The Morgan fingerprint density at radius 3 is 2.43 bits per heavy atom. The summed E-state index contributed by atoms with van der Waals surface area (Å²) in [6.45, 7) is 4.98. The summed E-state index contributed by atoms with van der Waals surface area (Å²) in [6, 6.07) is 5.10. The minimum Gasteiger partial charge on any atom is -0.369 e. The molecule has 0 unspecified atom stereocenters. The van der Waals surface area contributed by atoms with Gasteiger partial charge in [-0.1, -0.05) is 13.8 Å². The Balaban J connectivity index is 2.03. The first-order valence-electron chi connectivity index (χ1n) is 6.91. The van der Waals surface area contributed by atoms with E-state index in [2.05, 4.69) is 24.3 Å². The number of hydrogen-bond donors (Lipinski definition) is 1. The zero-order valence-corrected chi connectivity index (χ0v) is 11.8. The quantitative estimate of drug-likeness (QED) is 0.908. The molecule has 3 nitrogen and oxygen atoms in total. The van der Waals surface area contributed by atoms with Crippen LogP contribution in [0.1, 0.15) is 36.6 Å². The molecule has 1 aromatic carbocycles. The smallest absolute Gasteiger partial charge is 0.369 e. The molecule has 1 aliphatic heterocycles. The fourth-order valence-corrected chi connectivity index (χ4v) is 2.64. The van der Waals surface area contributed by atoms with Gasteiger partial charge in [-0.2, -0.15) is 18.3 Å². The van der Waals surface area contributed by atoms with Gasteiger partial charge < -0.3 is 5.32 Å². The van der Waals surface area contributed by atoms with E-state index >= 15 is 0 Å². The maximum atomic E-state index is 12.6. The number of halogens is 3. The molecule has 0 saturated heterocycles. The minimum atomic E-state index is -4.31. The molecule has 0 fully saturated rings. The van der Waals surface area contributed by atoms with Crippen molar-refractivity contribution in [1.82, 2.24) is 9.78 Å². The molecule has 0 atom stereocenters. The number of aromatic nitrogens is 2. The third-order valence-electron chi connectivity index (χ3n) is 3.67. The van der Waals surface area contributed by atoms with Crippen molar-refractivity contribution in [2.75, 3.05) is 11.9 Å². The van der Waals surface area contributed by atoms with E-state index in [4.69, 9.17) is 0 Å². The van der Waals surface area contributed by atoms with Crippen LogP contribution < -0.4 is 5.32 Å². The van der Waals surface area contributed by atoms with Crippen LogP contribution in [0.5, 0.6) is 0 Å². The number of fused-ring (bicyclic) bond motifs is 1. The van der Waals surface area contributed by atoms with Crippen molar-refractivity contribution in [3.63, 3.8) is 0 Å². The van der Waals surface area contributed by atoms with E-state index in [9.17, 15) is 13.2 Å². The van der Waals surface area contributed by atoms with Crippen molar-refractivity contribution in [2.24, 2.45) is 0 Å². The molecule has 112 valence electrons. The number of benzene rings is 1. The SMILES string of the molecule is CC(C)c1nn(-c2ccc(C(F)(F)F)cc2)c2c1CCN2. The first-order valence-corrected chi connectivity index (χ1v) is 6.91. The number of alkyl halides is 3. The normalized spacial score (nSPS) is 14.4. The van der Waals surface area contributed by atoms with Crippen molar-refractivity contribution < 1.29 is 13.2 Å². The van der Waals surface area contributed by atoms with Gasteiger partial charge in [-0.15, -0.1) is 0 Å². The average Bonchev–Trinajstić information content (AvgIpc) is 2.98. The van der Waals surface area contributed by atoms with Crippen LogP contribution in [-0.2, 0) is 12.6 Å². The number of nitrogens with one attached hydrogen (secondary N) is 1. The molecule has 0 amide bonds. The predicted molar refractivity (Wildman–Crippen MR) is 74.8 cm³/mol. The lowest BCUT2D eigenvalue weighted by Crippen LogP contribution is -2.07. The molecular formula is C15H16F3N3. The molecule has 2 aromatic rings. The molecule has 0 spiro atoms.